The van der Waals surface area contributed by atoms with Crippen molar-refractivity contribution in [1.82, 2.24) is 0 Å². The summed E-state index contributed by atoms with van der Waals surface area (Å²) in [6.07, 6.45) is -0.0625. The fraction of sp³-hybridized carbons (Fsp3) is 0.231. The van der Waals surface area contributed by atoms with E-state index in [0.29, 0.717) is 6.42 Å². The highest BCUT2D eigenvalue weighted by molar-refractivity contribution is 5.34. The van der Waals surface area contributed by atoms with Crippen LogP contribution < -0.4 is 0 Å². The maximum atomic E-state index is 9.45. The average Bonchev–Trinajstić information content (AvgIpc) is 2.15. The minimum absolute atomic E-state index is 0.542. The topological polar surface area (TPSA) is 20.2 Å². The molecule has 0 saturated carbocycles. The molecule has 1 aromatic rings. The number of hydrogen-bond donors (Lipinski definition) is 1. The van der Waals surface area contributed by atoms with E-state index in [2.05, 4.69) is 18.4 Å². The molecule has 72 valence electrons. The second kappa shape index (κ2) is 5.26. The lowest BCUT2D eigenvalue weighted by atomic mass is 10.1. The number of benzene rings is 1. The molecule has 0 spiro atoms. The first-order chi connectivity index (χ1) is 6.68. The molecule has 0 aromatic heterocycles. The Labute approximate surface area is 85.1 Å². The maximum Gasteiger partial charge on any atom is 0.118 e. The molecular weight excluding hydrogens is 172 g/mol. The van der Waals surface area contributed by atoms with Crippen molar-refractivity contribution < 1.29 is 5.11 Å². The third-order valence-corrected chi connectivity index (χ3v) is 1.70. The van der Waals surface area contributed by atoms with Crippen LogP contribution in [-0.4, -0.2) is 11.2 Å². The van der Waals surface area contributed by atoms with Gasteiger partial charge in [0, 0.05) is 12.0 Å². The highest BCUT2D eigenvalue weighted by atomic mass is 16.3. The summed E-state index contributed by atoms with van der Waals surface area (Å²) < 4.78 is 0. The molecule has 0 aliphatic rings. The Morgan fingerprint density at radius 2 is 2.07 bits per heavy atom. The Balaban J connectivity index is 2.60. The normalized spacial score (nSPS) is 11.3. The molecule has 0 fully saturated rings. The SMILES string of the molecule is C=C(C)CC(O)C#Cc1ccccc1. The van der Waals surface area contributed by atoms with Gasteiger partial charge in [0.1, 0.15) is 6.10 Å². The van der Waals surface area contributed by atoms with Crippen LogP contribution in [-0.2, 0) is 0 Å². The van der Waals surface area contributed by atoms with Gasteiger partial charge in [-0.05, 0) is 19.1 Å². The summed E-state index contributed by atoms with van der Waals surface area (Å²) in [5.74, 6) is 5.68. The monoisotopic (exact) mass is 186 g/mol. The molecule has 0 bridgehead atoms. The van der Waals surface area contributed by atoms with Gasteiger partial charge in [-0.15, -0.1) is 6.58 Å². The van der Waals surface area contributed by atoms with Crippen LogP contribution in [0.4, 0.5) is 0 Å². The predicted molar refractivity (Wildman–Crippen MR) is 58.8 cm³/mol. The van der Waals surface area contributed by atoms with Crippen LogP contribution in [0.25, 0.3) is 0 Å². The summed E-state index contributed by atoms with van der Waals surface area (Å²) >= 11 is 0. The largest absolute Gasteiger partial charge is 0.380 e. The molecule has 1 nitrogen and oxygen atoms in total. The van der Waals surface area contributed by atoms with Gasteiger partial charge < -0.3 is 5.11 Å². The molecule has 1 rings (SSSR count). The fourth-order valence-electron chi connectivity index (χ4n) is 1.07. The molecule has 0 aliphatic heterocycles. The fourth-order valence-corrected chi connectivity index (χ4v) is 1.07. The van der Waals surface area contributed by atoms with Crippen molar-refractivity contribution in [3.05, 3.63) is 48.0 Å². The van der Waals surface area contributed by atoms with E-state index in [4.69, 9.17) is 0 Å². The van der Waals surface area contributed by atoms with Gasteiger partial charge in [-0.3, -0.25) is 0 Å². The molecule has 14 heavy (non-hydrogen) atoms. The van der Waals surface area contributed by atoms with Crippen LogP contribution in [0.2, 0.25) is 0 Å². The molecule has 1 N–H and O–H groups in total. The third-order valence-electron chi connectivity index (χ3n) is 1.70. The summed E-state index contributed by atoms with van der Waals surface area (Å²) in [7, 11) is 0. The van der Waals surface area contributed by atoms with Gasteiger partial charge in [0.25, 0.3) is 0 Å². The zero-order chi connectivity index (χ0) is 10.4. The molecule has 1 heteroatoms. The van der Waals surface area contributed by atoms with Crippen LogP contribution in [0.5, 0.6) is 0 Å². The van der Waals surface area contributed by atoms with Gasteiger partial charge in [0.05, 0.1) is 0 Å². The molecule has 0 aliphatic carbocycles. The quantitative estimate of drug-likeness (QED) is 0.555. The number of hydrogen-bond acceptors (Lipinski definition) is 1. The van der Waals surface area contributed by atoms with Crippen molar-refractivity contribution >= 4 is 0 Å². The van der Waals surface area contributed by atoms with E-state index in [0.717, 1.165) is 11.1 Å². The first kappa shape index (κ1) is 10.6. The lowest BCUT2D eigenvalue weighted by molar-refractivity contribution is 0.233. The standard InChI is InChI=1S/C13H14O/c1-11(2)10-13(14)9-8-12-6-4-3-5-7-12/h3-7,13-14H,1,10H2,2H3. The van der Waals surface area contributed by atoms with E-state index in [1.807, 2.05) is 37.3 Å². The lowest BCUT2D eigenvalue weighted by Crippen LogP contribution is -2.02. The second-order valence-electron chi connectivity index (χ2n) is 3.31. The van der Waals surface area contributed by atoms with Crippen LogP contribution in [0.1, 0.15) is 18.9 Å². The molecule has 0 saturated heterocycles. The molecule has 0 radical (unpaired) electrons. The number of aliphatic hydroxyl groups is 1. The minimum Gasteiger partial charge on any atom is -0.380 e. The summed E-state index contributed by atoms with van der Waals surface area (Å²) in [6.45, 7) is 5.60. The minimum atomic E-state index is -0.604. The second-order valence-corrected chi connectivity index (χ2v) is 3.31. The van der Waals surface area contributed by atoms with Gasteiger partial charge in [0.15, 0.2) is 0 Å². The van der Waals surface area contributed by atoms with Gasteiger partial charge in [-0.2, -0.15) is 0 Å². The zero-order valence-electron chi connectivity index (χ0n) is 8.33. The first-order valence-electron chi connectivity index (χ1n) is 4.57. The van der Waals surface area contributed by atoms with E-state index >= 15 is 0 Å². The van der Waals surface area contributed by atoms with Crippen LogP contribution in [0, 0.1) is 11.8 Å². The van der Waals surface area contributed by atoms with Crippen LogP contribution in [0.15, 0.2) is 42.5 Å². The Morgan fingerprint density at radius 3 is 2.64 bits per heavy atom. The number of rotatable bonds is 2. The average molecular weight is 186 g/mol. The highest BCUT2D eigenvalue weighted by Crippen LogP contribution is 2.01. The van der Waals surface area contributed by atoms with Crippen molar-refractivity contribution in [3.63, 3.8) is 0 Å². The van der Waals surface area contributed by atoms with Crippen LogP contribution >= 0.6 is 0 Å². The summed E-state index contributed by atoms with van der Waals surface area (Å²) in [6, 6.07) is 9.63. The van der Waals surface area contributed by atoms with Crippen LogP contribution in [0.3, 0.4) is 0 Å². The Hall–Kier alpha value is -1.52. The Morgan fingerprint density at radius 1 is 1.43 bits per heavy atom. The molecule has 1 aromatic carbocycles. The first-order valence-corrected chi connectivity index (χ1v) is 4.57. The van der Waals surface area contributed by atoms with E-state index in [1.54, 1.807) is 0 Å². The predicted octanol–water partition coefficient (Wildman–Crippen LogP) is 2.37. The molecule has 1 unspecified atom stereocenters. The van der Waals surface area contributed by atoms with Gasteiger partial charge in [0.2, 0.25) is 0 Å². The molecule has 1 atom stereocenters. The van der Waals surface area contributed by atoms with Gasteiger partial charge in [-0.1, -0.05) is 35.6 Å². The summed E-state index contributed by atoms with van der Waals surface area (Å²) in [5.41, 5.74) is 1.87. The summed E-state index contributed by atoms with van der Waals surface area (Å²) in [4.78, 5) is 0. The van der Waals surface area contributed by atoms with Crippen molar-refractivity contribution in [3.8, 4) is 11.8 Å². The number of aliphatic hydroxyl groups excluding tert-OH is 1. The van der Waals surface area contributed by atoms with Crippen molar-refractivity contribution in [2.24, 2.45) is 0 Å². The van der Waals surface area contributed by atoms with E-state index < -0.39 is 6.10 Å². The van der Waals surface area contributed by atoms with Crippen molar-refractivity contribution in [2.45, 2.75) is 19.4 Å². The van der Waals surface area contributed by atoms with Gasteiger partial charge in [-0.25, -0.2) is 0 Å². The highest BCUT2D eigenvalue weighted by Gasteiger charge is 1.97. The van der Waals surface area contributed by atoms with E-state index in [9.17, 15) is 5.11 Å². The zero-order valence-corrected chi connectivity index (χ0v) is 8.33. The van der Waals surface area contributed by atoms with Crippen molar-refractivity contribution in [1.29, 1.82) is 0 Å². The van der Waals surface area contributed by atoms with Crippen molar-refractivity contribution in [2.75, 3.05) is 0 Å². The van der Waals surface area contributed by atoms with E-state index in [1.165, 1.54) is 0 Å². The smallest absolute Gasteiger partial charge is 0.118 e. The maximum absolute atomic E-state index is 9.45. The summed E-state index contributed by atoms with van der Waals surface area (Å²) in [5, 5.41) is 9.45. The Kier molecular flexibility index (Phi) is 3.97. The molecule has 0 amide bonds. The lowest BCUT2D eigenvalue weighted by Gasteiger charge is -2.00. The van der Waals surface area contributed by atoms with Gasteiger partial charge >= 0.3 is 0 Å². The third kappa shape index (κ3) is 3.93. The Bertz CT molecular complexity index is 354. The molecular formula is C13H14O. The van der Waals surface area contributed by atoms with E-state index in [-0.39, 0.29) is 0 Å². The molecule has 0 heterocycles.